The van der Waals surface area contributed by atoms with Crippen molar-refractivity contribution in [2.75, 3.05) is 7.11 Å². The molecule has 0 bridgehead atoms. The molecule has 25 heavy (non-hydrogen) atoms. The average Bonchev–Trinajstić information content (AvgIpc) is 2.60. The number of esters is 1. The molecule has 0 N–H and O–H groups in total. The number of carbonyl (C=O) groups is 1. The Morgan fingerprint density at radius 1 is 1.08 bits per heavy atom. The smallest absolute Gasteiger partial charge is 0.316 e. The Morgan fingerprint density at radius 2 is 1.76 bits per heavy atom. The first kappa shape index (κ1) is 18.3. The quantitative estimate of drug-likeness (QED) is 0.351. The molecule has 0 aliphatic rings. The minimum absolute atomic E-state index is 0.337. The highest BCUT2D eigenvalue weighted by molar-refractivity contribution is 5.90. The molecule has 128 valence electrons. The van der Waals surface area contributed by atoms with Crippen LogP contribution in [0.1, 0.15) is 31.9 Å². The topological polar surface area (TPSA) is 59.3 Å². The molecule has 0 atom stereocenters. The van der Waals surface area contributed by atoms with Crippen LogP contribution in [0.15, 0.2) is 48.5 Å². The predicted molar refractivity (Wildman–Crippen MR) is 98.0 cm³/mol. The summed E-state index contributed by atoms with van der Waals surface area (Å²) in [6.07, 6.45) is 1.77. The first-order valence-corrected chi connectivity index (χ1v) is 7.92. The van der Waals surface area contributed by atoms with Crippen molar-refractivity contribution >= 4 is 17.6 Å². The standard InChI is InChI=1S/C21H21NO3/c1-21(2,3)20(23)25-18-11-10-15(13-19(18)24-4)12-17(14-22)16-8-6-5-7-9-16/h5-13H,1-4H3. The van der Waals surface area contributed by atoms with Crippen molar-refractivity contribution in [3.8, 4) is 17.6 Å². The normalized spacial score (nSPS) is 11.6. The lowest BCUT2D eigenvalue weighted by molar-refractivity contribution is -0.143. The van der Waals surface area contributed by atoms with Gasteiger partial charge in [-0.25, -0.2) is 0 Å². The van der Waals surface area contributed by atoms with Gasteiger partial charge in [-0.3, -0.25) is 4.79 Å². The number of hydrogen-bond donors (Lipinski definition) is 0. The van der Waals surface area contributed by atoms with Gasteiger partial charge in [0.05, 0.1) is 24.2 Å². The number of nitrogens with zero attached hydrogens (tertiary/aromatic N) is 1. The summed E-state index contributed by atoms with van der Waals surface area (Å²) in [5.41, 5.74) is 1.56. The van der Waals surface area contributed by atoms with Gasteiger partial charge in [-0.15, -0.1) is 0 Å². The van der Waals surface area contributed by atoms with E-state index in [1.807, 2.05) is 30.3 Å². The van der Waals surface area contributed by atoms with Crippen LogP contribution < -0.4 is 9.47 Å². The zero-order valence-electron chi connectivity index (χ0n) is 14.9. The molecule has 0 amide bonds. The molecule has 4 nitrogen and oxygen atoms in total. The summed E-state index contributed by atoms with van der Waals surface area (Å²) in [5, 5.41) is 9.41. The Hall–Kier alpha value is -3.06. The summed E-state index contributed by atoms with van der Waals surface area (Å²) in [6, 6.07) is 16.8. The van der Waals surface area contributed by atoms with E-state index < -0.39 is 5.41 Å². The second-order valence-electron chi connectivity index (χ2n) is 6.59. The molecule has 2 aromatic rings. The van der Waals surface area contributed by atoms with E-state index in [9.17, 15) is 10.1 Å². The van der Waals surface area contributed by atoms with E-state index in [1.165, 1.54) is 7.11 Å². The molecule has 2 aromatic carbocycles. The van der Waals surface area contributed by atoms with E-state index in [4.69, 9.17) is 9.47 Å². The molecule has 0 saturated heterocycles. The molecule has 0 radical (unpaired) electrons. The van der Waals surface area contributed by atoms with Crippen molar-refractivity contribution in [1.82, 2.24) is 0 Å². The summed E-state index contributed by atoms with van der Waals surface area (Å²) >= 11 is 0. The Morgan fingerprint density at radius 3 is 2.32 bits per heavy atom. The molecule has 2 rings (SSSR count). The van der Waals surface area contributed by atoms with Crippen molar-refractivity contribution in [2.45, 2.75) is 20.8 Å². The molecule has 0 aromatic heterocycles. The molecule has 4 heteroatoms. The van der Waals surface area contributed by atoms with Gasteiger partial charge < -0.3 is 9.47 Å². The Balaban J connectivity index is 2.34. The van der Waals surface area contributed by atoms with E-state index in [-0.39, 0.29) is 5.97 Å². The third kappa shape index (κ3) is 4.71. The van der Waals surface area contributed by atoms with Gasteiger partial charge in [-0.1, -0.05) is 36.4 Å². The van der Waals surface area contributed by atoms with E-state index in [1.54, 1.807) is 45.0 Å². The van der Waals surface area contributed by atoms with Gasteiger partial charge in [0.25, 0.3) is 0 Å². The molecule has 0 aliphatic carbocycles. The van der Waals surface area contributed by atoms with E-state index in [0.29, 0.717) is 17.1 Å². The van der Waals surface area contributed by atoms with Crippen LogP contribution in [0.5, 0.6) is 11.5 Å². The fraction of sp³-hybridized carbons (Fsp3) is 0.238. The lowest BCUT2D eigenvalue weighted by Gasteiger charge is -2.17. The van der Waals surface area contributed by atoms with Gasteiger partial charge in [0.1, 0.15) is 0 Å². The predicted octanol–water partition coefficient (Wildman–Crippen LogP) is 4.71. The molecule has 0 heterocycles. The van der Waals surface area contributed by atoms with Crippen molar-refractivity contribution in [1.29, 1.82) is 5.26 Å². The van der Waals surface area contributed by atoms with Gasteiger partial charge in [-0.2, -0.15) is 5.26 Å². The van der Waals surface area contributed by atoms with Crippen molar-refractivity contribution < 1.29 is 14.3 Å². The summed E-state index contributed by atoms with van der Waals surface area (Å²) in [6.45, 7) is 5.37. The molecule has 0 fully saturated rings. The van der Waals surface area contributed by atoms with Crippen molar-refractivity contribution in [3.05, 3.63) is 59.7 Å². The zero-order chi connectivity index (χ0) is 18.4. The van der Waals surface area contributed by atoms with Crippen LogP contribution in [0.4, 0.5) is 0 Å². The Bertz CT molecular complexity index is 824. The Labute approximate surface area is 148 Å². The number of rotatable bonds is 4. The molecular formula is C21H21NO3. The summed E-state index contributed by atoms with van der Waals surface area (Å²) in [4.78, 5) is 12.1. The third-order valence-electron chi connectivity index (χ3n) is 3.52. The number of allylic oxidation sites excluding steroid dienone is 1. The van der Waals surface area contributed by atoms with Gasteiger partial charge in [0, 0.05) is 0 Å². The van der Waals surface area contributed by atoms with Crippen LogP contribution in [-0.4, -0.2) is 13.1 Å². The van der Waals surface area contributed by atoms with Gasteiger partial charge >= 0.3 is 5.97 Å². The van der Waals surface area contributed by atoms with Gasteiger partial charge in [-0.05, 0) is 50.1 Å². The summed E-state index contributed by atoms with van der Waals surface area (Å²) in [5.74, 6) is 0.464. The fourth-order valence-corrected chi connectivity index (χ4v) is 2.08. The van der Waals surface area contributed by atoms with E-state index >= 15 is 0 Å². The monoisotopic (exact) mass is 335 g/mol. The minimum atomic E-state index is -0.606. The van der Waals surface area contributed by atoms with Crippen LogP contribution in [0.25, 0.3) is 11.6 Å². The Kier molecular flexibility index (Phi) is 5.61. The highest BCUT2D eigenvalue weighted by Gasteiger charge is 2.24. The maximum atomic E-state index is 12.1. The second-order valence-corrected chi connectivity index (χ2v) is 6.59. The SMILES string of the molecule is COc1cc(C=C(C#N)c2ccccc2)ccc1OC(=O)C(C)(C)C. The largest absolute Gasteiger partial charge is 0.493 e. The molecule has 0 unspecified atom stereocenters. The first-order valence-electron chi connectivity index (χ1n) is 7.92. The molecule has 0 aliphatic heterocycles. The van der Waals surface area contributed by atoms with E-state index in [2.05, 4.69) is 6.07 Å². The second kappa shape index (κ2) is 7.67. The lowest BCUT2D eigenvalue weighted by Crippen LogP contribution is -2.25. The fourth-order valence-electron chi connectivity index (χ4n) is 2.08. The number of hydrogen-bond acceptors (Lipinski definition) is 4. The summed E-state index contributed by atoms with van der Waals surface area (Å²) in [7, 11) is 1.51. The number of benzene rings is 2. The number of carbonyl (C=O) groups excluding carboxylic acids is 1. The van der Waals surface area contributed by atoms with Gasteiger partial charge in [0.2, 0.25) is 0 Å². The molecule has 0 saturated carbocycles. The van der Waals surface area contributed by atoms with Crippen LogP contribution in [0.3, 0.4) is 0 Å². The van der Waals surface area contributed by atoms with Crippen LogP contribution in [0.2, 0.25) is 0 Å². The third-order valence-corrected chi connectivity index (χ3v) is 3.52. The minimum Gasteiger partial charge on any atom is -0.493 e. The van der Waals surface area contributed by atoms with Crippen molar-refractivity contribution in [2.24, 2.45) is 5.41 Å². The maximum Gasteiger partial charge on any atom is 0.316 e. The number of ether oxygens (including phenoxy) is 2. The molecular weight excluding hydrogens is 314 g/mol. The van der Waals surface area contributed by atoms with Crippen molar-refractivity contribution in [3.63, 3.8) is 0 Å². The maximum absolute atomic E-state index is 12.1. The summed E-state index contributed by atoms with van der Waals surface area (Å²) < 4.78 is 10.8. The molecule has 0 spiro atoms. The average molecular weight is 335 g/mol. The van der Waals surface area contributed by atoms with Crippen LogP contribution in [0, 0.1) is 16.7 Å². The number of nitriles is 1. The highest BCUT2D eigenvalue weighted by Crippen LogP contribution is 2.31. The van der Waals surface area contributed by atoms with E-state index in [0.717, 1.165) is 11.1 Å². The number of methoxy groups -OCH3 is 1. The van der Waals surface area contributed by atoms with Crippen LogP contribution >= 0.6 is 0 Å². The first-order chi connectivity index (χ1) is 11.8. The zero-order valence-corrected chi connectivity index (χ0v) is 14.9. The van der Waals surface area contributed by atoms with Gasteiger partial charge in [0.15, 0.2) is 11.5 Å². The van der Waals surface area contributed by atoms with Crippen LogP contribution in [-0.2, 0) is 4.79 Å². The lowest BCUT2D eigenvalue weighted by atomic mass is 9.97. The highest BCUT2D eigenvalue weighted by atomic mass is 16.6.